The van der Waals surface area contributed by atoms with Crippen LogP contribution >= 0.6 is 11.3 Å². The average Bonchev–Trinajstić information content (AvgIpc) is 3.31. The van der Waals surface area contributed by atoms with Gasteiger partial charge in [0.2, 0.25) is 5.91 Å². The van der Waals surface area contributed by atoms with Crippen molar-refractivity contribution in [2.75, 3.05) is 0 Å². The van der Waals surface area contributed by atoms with Crippen molar-refractivity contribution >= 4 is 28.3 Å². The van der Waals surface area contributed by atoms with Gasteiger partial charge in [0.05, 0.1) is 11.2 Å². The van der Waals surface area contributed by atoms with Crippen LogP contribution in [-0.4, -0.2) is 25.9 Å². The van der Waals surface area contributed by atoms with Gasteiger partial charge in [-0.3, -0.25) is 9.78 Å². The van der Waals surface area contributed by atoms with E-state index in [1.807, 2.05) is 47.8 Å². The van der Waals surface area contributed by atoms with Crippen molar-refractivity contribution < 1.29 is 4.79 Å². The number of pyridine rings is 1. The molecule has 4 aromatic rings. The Kier molecular flexibility index (Phi) is 4.22. The molecule has 1 amide bonds. The zero-order valence-electron chi connectivity index (χ0n) is 13.3. The second kappa shape index (κ2) is 6.82. The number of benzene rings is 1. The van der Waals surface area contributed by atoms with Crippen LogP contribution in [-0.2, 0) is 17.9 Å². The minimum atomic E-state index is -0.107. The fourth-order valence-electron chi connectivity index (χ4n) is 2.58. The molecule has 1 N–H and O–H groups in total. The van der Waals surface area contributed by atoms with E-state index in [2.05, 4.69) is 26.0 Å². The largest absolute Gasteiger partial charge is 0.350 e. The molecule has 0 atom stereocenters. The summed E-state index contributed by atoms with van der Waals surface area (Å²) in [4.78, 5) is 16.6. The molecule has 3 aromatic heterocycles. The molecule has 0 bridgehead atoms. The quantitative estimate of drug-likeness (QED) is 0.601. The highest BCUT2D eigenvalue weighted by molar-refractivity contribution is 7.08. The zero-order chi connectivity index (χ0) is 17.1. The van der Waals surface area contributed by atoms with Crippen LogP contribution in [0.2, 0.25) is 0 Å². The topological polar surface area (TPSA) is 72.7 Å². The molecule has 0 radical (unpaired) electrons. The fourth-order valence-corrected chi connectivity index (χ4v) is 3.23. The molecule has 6 nitrogen and oxygen atoms in total. The van der Waals surface area contributed by atoms with Crippen LogP contribution in [0.1, 0.15) is 5.56 Å². The summed E-state index contributed by atoms with van der Waals surface area (Å²) in [5.41, 5.74) is 4.64. The predicted octanol–water partition coefficient (Wildman–Crippen LogP) is 2.87. The number of rotatable bonds is 5. The Morgan fingerprint density at radius 3 is 3.00 bits per heavy atom. The summed E-state index contributed by atoms with van der Waals surface area (Å²) >= 11 is 1.64. The molecule has 0 unspecified atom stereocenters. The second-order valence-electron chi connectivity index (χ2n) is 5.57. The number of thiophene rings is 1. The lowest BCUT2D eigenvalue weighted by Gasteiger charge is -2.07. The molecule has 25 heavy (non-hydrogen) atoms. The summed E-state index contributed by atoms with van der Waals surface area (Å²) in [5, 5.41) is 15.1. The predicted molar refractivity (Wildman–Crippen MR) is 96.9 cm³/mol. The summed E-state index contributed by atoms with van der Waals surface area (Å²) in [6, 6.07) is 13.5. The molecule has 4 rings (SSSR count). The van der Waals surface area contributed by atoms with Crippen LogP contribution in [0.15, 0.2) is 59.4 Å². The molecular formula is C18H15N5OS. The third kappa shape index (κ3) is 3.41. The van der Waals surface area contributed by atoms with Gasteiger partial charge in [0, 0.05) is 23.7 Å². The lowest BCUT2D eigenvalue weighted by molar-refractivity contribution is -0.121. The molecule has 0 fully saturated rings. The number of aromatic nitrogens is 4. The van der Waals surface area contributed by atoms with Gasteiger partial charge in [-0.1, -0.05) is 17.3 Å². The third-order valence-electron chi connectivity index (χ3n) is 3.84. The maximum atomic E-state index is 12.2. The molecule has 0 aliphatic carbocycles. The Balaban J connectivity index is 1.41. The van der Waals surface area contributed by atoms with Crippen molar-refractivity contribution in [3.05, 3.63) is 65.0 Å². The van der Waals surface area contributed by atoms with Gasteiger partial charge in [-0.25, -0.2) is 4.68 Å². The van der Waals surface area contributed by atoms with Gasteiger partial charge in [0.1, 0.15) is 12.1 Å². The highest BCUT2D eigenvalue weighted by Crippen LogP contribution is 2.20. The third-order valence-corrected chi connectivity index (χ3v) is 4.53. The standard InChI is InChI=1S/C18H15N5OS/c24-18(11-23-17-4-2-1-3-15(17)21-22-23)20-10-13-5-7-19-16(9-13)14-6-8-25-12-14/h1-9,12H,10-11H2,(H,20,24). The van der Waals surface area contributed by atoms with Gasteiger partial charge >= 0.3 is 0 Å². The SMILES string of the molecule is O=C(Cn1nnc2ccccc21)NCc1ccnc(-c2ccsc2)c1. The summed E-state index contributed by atoms with van der Waals surface area (Å²) in [6.07, 6.45) is 1.76. The first-order valence-electron chi connectivity index (χ1n) is 7.82. The molecule has 0 saturated heterocycles. The normalized spacial score (nSPS) is 10.9. The van der Waals surface area contributed by atoms with E-state index in [0.717, 1.165) is 27.9 Å². The number of amides is 1. The average molecular weight is 349 g/mol. The van der Waals surface area contributed by atoms with Crippen molar-refractivity contribution in [1.82, 2.24) is 25.3 Å². The molecule has 0 aliphatic heterocycles. The molecule has 0 saturated carbocycles. The van der Waals surface area contributed by atoms with Gasteiger partial charge in [-0.05, 0) is 41.3 Å². The molecular weight excluding hydrogens is 334 g/mol. The van der Waals surface area contributed by atoms with Crippen molar-refractivity contribution in [3.63, 3.8) is 0 Å². The fraction of sp³-hybridized carbons (Fsp3) is 0.111. The van der Waals surface area contributed by atoms with E-state index in [-0.39, 0.29) is 12.5 Å². The number of para-hydroxylation sites is 1. The molecule has 0 spiro atoms. The lowest BCUT2D eigenvalue weighted by atomic mass is 10.1. The van der Waals surface area contributed by atoms with E-state index in [0.29, 0.717) is 6.54 Å². The Morgan fingerprint density at radius 2 is 2.12 bits per heavy atom. The van der Waals surface area contributed by atoms with E-state index in [4.69, 9.17) is 0 Å². The maximum Gasteiger partial charge on any atom is 0.242 e. The van der Waals surface area contributed by atoms with Gasteiger partial charge in [-0.2, -0.15) is 11.3 Å². The monoisotopic (exact) mass is 349 g/mol. The first-order chi connectivity index (χ1) is 12.3. The van der Waals surface area contributed by atoms with Gasteiger partial charge in [0.25, 0.3) is 0 Å². The maximum absolute atomic E-state index is 12.2. The molecule has 0 aliphatic rings. The van der Waals surface area contributed by atoms with Crippen LogP contribution in [0.3, 0.4) is 0 Å². The summed E-state index contributed by atoms with van der Waals surface area (Å²) in [7, 11) is 0. The number of hydrogen-bond acceptors (Lipinski definition) is 5. The smallest absolute Gasteiger partial charge is 0.242 e. The lowest BCUT2D eigenvalue weighted by Crippen LogP contribution is -2.27. The van der Waals surface area contributed by atoms with Crippen molar-refractivity contribution in [2.24, 2.45) is 0 Å². The summed E-state index contributed by atoms with van der Waals surface area (Å²) in [5.74, 6) is -0.107. The van der Waals surface area contributed by atoms with Crippen molar-refractivity contribution in [3.8, 4) is 11.3 Å². The van der Waals surface area contributed by atoms with E-state index >= 15 is 0 Å². The molecule has 1 aromatic carbocycles. The highest BCUT2D eigenvalue weighted by Gasteiger charge is 2.09. The number of carbonyl (C=O) groups is 1. The number of hydrogen-bond donors (Lipinski definition) is 1. The molecule has 3 heterocycles. The minimum Gasteiger partial charge on any atom is -0.350 e. The van der Waals surface area contributed by atoms with E-state index in [1.165, 1.54) is 0 Å². The van der Waals surface area contributed by atoms with Gasteiger partial charge in [-0.15, -0.1) is 5.10 Å². The van der Waals surface area contributed by atoms with Gasteiger partial charge in [0.15, 0.2) is 0 Å². The number of nitrogens with zero attached hydrogens (tertiary/aromatic N) is 4. The number of carbonyl (C=O) groups excluding carboxylic acids is 1. The Labute approximate surface area is 148 Å². The second-order valence-corrected chi connectivity index (χ2v) is 6.35. The van der Waals surface area contributed by atoms with Crippen LogP contribution in [0.25, 0.3) is 22.3 Å². The Morgan fingerprint density at radius 1 is 1.20 bits per heavy atom. The summed E-state index contributed by atoms with van der Waals surface area (Å²) in [6.45, 7) is 0.591. The highest BCUT2D eigenvalue weighted by atomic mass is 32.1. The molecule has 124 valence electrons. The minimum absolute atomic E-state index is 0.107. The van der Waals surface area contributed by atoms with Gasteiger partial charge < -0.3 is 5.32 Å². The number of fused-ring (bicyclic) bond motifs is 1. The van der Waals surface area contributed by atoms with Crippen molar-refractivity contribution in [1.29, 1.82) is 0 Å². The van der Waals surface area contributed by atoms with Crippen LogP contribution < -0.4 is 5.32 Å². The first-order valence-corrected chi connectivity index (χ1v) is 8.76. The van der Waals surface area contributed by atoms with E-state index in [9.17, 15) is 4.79 Å². The van der Waals surface area contributed by atoms with Crippen LogP contribution in [0.5, 0.6) is 0 Å². The van der Waals surface area contributed by atoms with E-state index in [1.54, 1.807) is 22.2 Å². The first kappa shape index (κ1) is 15.5. The Bertz CT molecular complexity index is 1010. The zero-order valence-corrected chi connectivity index (χ0v) is 14.1. The van der Waals surface area contributed by atoms with Crippen molar-refractivity contribution in [2.45, 2.75) is 13.1 Å². The number of nitrogens with one attached hydrogen (secondary N) is 1. The van der Waals surface area contributed by atoms with Crippen LogP contribution in [0, 0.1) is 0 Å². The Hall–Kier alpha value is -3.06. The summed E-state index contributed by atoms with van der Waals surface area (Å²) < 4.78 is 1.61. The molecule has 7 heteroatoms. The van der Waals surface area contributed by atoms with E-state index < -0.39 is 0 Å². The van der Waals surface area contributed by atoms with Crippen LogP contribution in [0.4, 0.5) is 0 Å².